The lowest BCUT2D eigenvalue weighted by atomic mass is 10.2. The summed E-state index contributed by atoms with van der Waals surface area (Å²) >= 11 is 5.56. The number of carbonyl (C=O) groups excluding carboxylic acids is 2. The summed E-state index contributed by atoms with van der Waals surface area (Å²) in [7, 11) is 0. The Morgan fingerprint density at radius 3 is 2.41 bits per heavy atom. The number of alkyl halides is 3. The van der Waals surface area contributed by atoms with E-state index in [2.05, 4.69) is 15.6 Å². The maximum absolute atomic E-state index is 12.9. The number of nitrogens with one attached hydrogen (secondary N) is 2. The monoisotopic (exact) mass is 464 g/mol. The van der Waals surface area contributed by atoms with E-state index in [1.54, 1.807) is 30.3 Å². The number of anilines is 1. The lowest BCUT2D eigenvalue weighted by Gasteiger charge is -2.12. The first-order chi connectivity index (χ1) is 15.1. The Hall–Kier alpha value is -3.79. The Morgan fingerprint density at radius 1 is 1.03 bits per heavy atom. The average Bonchev–Trinajstić information content (AvgIpc) is 2.74. The highest BCUT2D eigenvalue weighted by molar-refractivity contribution is 6.31. The minimum atomic E-state index is -4.63. The fraction of sp³-hybridized carbons (Fsp3) is 0.0952. The van der Waals surface area contributed by atoms with Crippen molar-refractivity contribution in [2.75, 3.05) is 5.32 Å². The summed E-state index contributed by atoms with van der Waals surface area (Å²) in [6.45, 7) is 0.118. The number of nitrogens with two attached hydrogens (primary N) is 1. The topological polar surface area (TPSA) is 106 Å². The minimum Gasteiger partial charge on any atom is -0.457 e. The van der Waals surface area contributed by atoms with E-state index < -0.39 is 28.7 Å². The molecule has 1 aromatic heterocycles. The SMILES string of the molecule is NC(=O)c1cc(Oc2ccc(CNC(=O)Nc3ccc(Cl)c(C(F)(F)F)c3)cc2)ccn1. The summed E-state index contributed by atoms with van der Waals surface area (Å²) < 4.78 is 44.4. The van der Waals surface area contributed by atoms with Gasteiger partial charge in [-0.15, -0.1) is 0 Å². The van der Waals surface area contributed by atoms with Crippen molar-refractivity contribution in [3.8, 4) is 11.5 Å². The van der Waals surface area contributed by atoms with Crippen molar-refractivity contribution in [2.24, 2.45) is 5.73 Å². The molecule has 0 aliphatic rings. The van der Waals surface area contributed by atoms with E-state index in [0.717, 1.165) is 12.1 Å². The van der Waals surface area contributed by atoms with Crippen molar-refractivity contribution in [3.63, 3.8) is 0 Å². The van der Waals surface area contributed by atoms with Gasteiger partial charge in [0.05, 0.1) is 10.6 Å². The molecule has 2 aromatic carbocycles. The molecule has 0 atom stereocenters. The molecule has 0 aliphatic heterocycles. The van der Waals surface area contributed by atoms with Gasteiger partial charge in [0.15, 0.2) is 0 Å². The van der Waals surface area contributed by atoms with Gasteiger partial charge in [0.1, 0.15) is 17.2 Å². The highest BCUT2D eigenvalue weighted by Gasteiger charge is 2.33. The van der Waals surface area contributed by atoms with Gasteiger partial charge >= 0.3 is 12.2 Å². The fourth-order valence-corrected chi connectivity index (χ4v) is 2.82. The number of ether oxygens (including phenoxy) is 1. The van der Waals surface area contributed by atoms with Crippen LogP contribution in [0.3, 0.4) is 0 Å². The van der Waals surface area contributed by atoms with Gasteiger partial charge in [0.25, 0.3) is 5.91 Å². The van der Waals surface area contributed by atoms with Crippen LogP contribution in [0.15, 0.2) is 60.8 Å². The Kier molecular flexibility index (Phi) is 6.84. The van der Waals surface area contributed by atoms with Crippen LogP contribution in [0.25, 0.3) is 0 Å². The van der Waals surface area contributed by atoms with Crippen molar-refractivity contribution < 1.29 is 27.5 Å². The normalized spacial score (nSPS) is 11.0. The molecule has 32 heavy (non-hydrogen) atoms. The van der Waals surface area contributed by atoms with Crippen molar-refractivity contribution in [2.45, 2.75) is 12.7 Å². The molecule has 7 nitrogen and oxygen atoms in total. The molecule has 0 aliphatic carbocycles. The van der Waals surface area contributed by atoms with Crippen molar-refractivity contribution in [3.05, 3.63) is 82.6 Å². The third-order valence-electron chi connectivity index (χ3n) is 4.13. The predicted molar refractivity (Wildman–Crippen MR) is 112 cm³/mol. The molecule has 3 aromatic rings. The number of benzene rings is 2. The number of hydrogen-bond donors (Lipinski definition) is 3. The number of pyridine rings is 1. The van der Waals surface area contributed by atoms with Crippen LogP contribution in [0, 0.1) is 0 Å². The smallest absolute Gasteiger partial charge is 0.417 e. The molecule has 166 valence electrons. The van der Waals surface area contributed by atoms with Gasteiger partial charge in [-0.05, 0) is 42.0 Å². The average molecular weight is 465 g/mol. The van der Waals surface area contributed by atoms with Gasteiger partial charge in [-0.1, -0.05) is 23.7 Å². The van der Waals surface area contributed by atoms with E-state index >= 15 is 0 Å². The number of hydrogen-bond acceptors (Lipinski definition) is 4. The largest absolute Gasteiger partial charge is 0.457 e. The fourth-order valence-electron chi connectivity index (χ4n) is 2.60. The van der Waals surface area contributed by atoms with Gasteiger partial charge in [-0.3, -0.25) is 9.78 Å². The van der Waals surface area contributed by atoms with E-state index in [1.807, 2.05) is 0 Å². The van der Waals surface area contributed by atoms with Crippen LogP contribution in [0.1, 0.15) is 21.6 Å². The van der Waals surface area contributed by atoms with Gasteiger partial charge in [-0.25, -0.2) is 4.79 Å². The Balaban J connectivity index is 1.56. The van der Waals surface area contributed by atoms with Gasteiger partial charge in [0, 0.05) is 24.5 Å². The van der Waals surface area contributed by atoms with Crippen LogP contribution < -0.4 is 21.1 Å². The summed E-state index contributed by atoms with van der Waals surface area (Å²) in [4.78, 5) is 27.0. The summed E-state index contributed by atoms with van der Waals surface area (Å²) in [6, 6.07) is 12.1. The van der Waals surface area contributed by atoms with Crippen LogP contribution in [-0.2, 0) is 12.7 Å². The molecule has 1 heterocycles. The molecule has 4 N–H and O–H groups in total. The third kappa shape index (κ3) is 6.11. The Morgan fingerprint density at radius 2 is 1.75 bits per heavy atom. The Bertz CT molecular complexity index is 1140. The number of halogens is 4. The first-order valence-corrected chi connectivity index (χ1v) is 9.44. The zero-order valence-electron chi connectivity index (χ0n) is 16.2. The van der Waals surface area contributed by atoms with E-state index in [1.165, 1.54) is 18.3 Å². The first kappa shape index (κ1) is 22.9. The molecule has 0 radical (unpaired) electrons. The summed E-state index contributed by atoms with van der Waals surface area (Å²) in [5.74, 6) is 0.171. The molecular weight excluding hydrogens is 449 g/mol. The molecule has 0 fully saturated rings. The lowest BCUT2D eigenvalue weighted by molar-refractivity contribution is -0.137. The number of carbonyl (C=O) groups is 2. The predicted octanol–water partition coefficient (Wildman–Crippen LogP) is 4.97. The summed E-state index contributed by atoms with van der Waals surface area (Å²) in [6.07, 6.45) is -3.24. The number of primary amides is 1. The quantitative estimate of drug-likeness (QED) is 0.479. The van der Waals surface area contributed by atoms with E-state index in [4.69, 9.17) is 22.1 Å². The number of amides is 3. The van der Waals surface area contributed by atoms with E-state index in [-0.39, 0.29) is 17.9 Å². The van der Waals surface area contributed by atoms with Crippen LogP contribution in [-0.4, -0.2) is 16.9 Å². The summed E-state index contributed by atoms with van der Waals surface area (Å²) in [5.41, 5.74) is 4.88. The second-order valence-corrected chi connectivity index (χ2v) is 6.89. The maximum atomic E-state index is 12.9. The second kappa shape index (κ2) is 9.56. The minimum absolute atomic E-state index is 0.0457. The number of nitrogens with zero attached hydrogens (tertiary/aromatic N) is 1. The number of urea groups is 1. The first-order valence-electron chi connectivity index (χ1n) is 9.06. The highest BCUT2D eigenvalue weighted by Crippen LogP contribution is 2.36. The molecule has 0 unspecified atom stereocenters. The van der Waals surface area contributed by atoms with Crippen LogP contribution in [0.2, 0.25) is 5.02 Å². The standard InChI is InChI=1S/C21H16ClF3N4O3/c22-17-6-3-13(9-16(17)21(23,24)25)29-20(31)28-11-12-1-4-14(5-2-12)32-15-7-8-27-18(10-15)19(26)30/h1-10H,11H2,(H2,26,30)(H2,28,29,31). The number of rotatable bonds is 6. The highest BCUT2D eigenvalue weighted by atomic mass is 35.5. The summed E-state index contributed by atoms with van der Waals surface area (Å²) in [5, 5.41) is 4.42. The van der Waals surface area contributed by atoms with E-state index in [9.17, 15) is 22.8 Å². The molecular formula is C21H16ClF3N4O3. The van der Waals surface area contributed by atoms with Gasteiger partial charge in [0.2, 0.25) is 0 Å². The third-order valence-corrected chi connectivity index (χ3v) is 4.46. The van der Waals surface area contributed by atoms with Crippen molar-refractivity contribution in [1.82, 2.24) is 10.3 Å². The molecule has 3 rings (SSSR count). The molecule has 0 saturated carbocycles. The van der Waals surface area contributed by atoms with Crippen LogP contribution in [0.5, 0.6) is 11.5 Å². The zero-order chi connectivity index (χ0) is 23.3. The lowest BCUT2D eigenvalue weighted by Crippen LogP contribution is -2.28. The van der Waals surface area contributed by atoms with Crippen LogP contribution >= 0.6 is 11.6 Å². The van der Waals surface area contributed by atoms with E-state index in [0.29, 0.717) is 17.1 Å². The van der Waals surface area contributed by atoms with Crippen molar-refractivity contribution in [1.29, 1.82) is 0 Å². The molecule has 0 spiro atoms. The maximum Gasteiger partial charge on any atom is 0.417 e. The number of aromatic nitrogens is 1. The van der Waals surface area contributed by atoms with Gasteiger partial charge in [-0.2, -0.15) is 13.2 Å². The zero-order valence-corrected chi connectivity index (χ0v) is 17.0. The molecule has 11 heteroatoms. The Labute approximate surface area is 185 Å². The van der Waals surface area contributed by atoms with Crippen LogP contribution in [0.4, 0.5) is 23.7 Å². The van der Waals surface area contributed by atoms with Crippen molar-refractivity contribution >= 4 is 29.2 Å². The molecule has 0 saturated heterocycles. The van der Waals surface area contributed by atoms with Gasteiger partial charge < -0.3 is 21.1 Å². The molecule has 3 amide bonds. The molecule has 0 bridgehead atoms. The second-order valence-electron chi connectivity index (χ2n) is 6.49.